The third-order valence-corrected chi connectivity index (χ3v) is 4.51. The zero-order valence-electron chi connectivity index (χ0n) is 11.2. The molecular weight excluding hydrogens is 250 g/mol. The Morgan fingerprint density at radius 2 is 2.00 bits per heavy atom. The molecule has 1 N–H and O–H groups in total. The topological polar surface area (TPSA) is 55.4 Å². The largest absolute Gasteiger partial charge is 0.496 e. The molecule has 0 aliphatic carbocycles. The van der Waals surface area contributed by atoms with Gasteiger partial charge >= 0.3 is 0 Å². The molecule has 0 bridgehead atoms. The maximum Gasteiger partial charge on any atom is 0.152 e. The van der Waals surface area contributed by atoms with Crippen LogP contribution in [-0.4, -0.2) is 33.6 Å². The normalized spacial score (nSPS) is 11.3. The molecule has 0 amide bonds. The predicted octanol–water partition coefficient (Wildman–Crippen LogP) is 2.24. The molecule has 0 radical (unpaired) electrons. The fraction of sp³-hybridized carbons (Fsp3) is 0.538. The Hall–Kier alpha value is -1.23. The van der Waals surface area contributed by atoms with Gasteiger partial charge in [0.2, 0.25) is 0 Å². The molecule has 0 saturated heterocycles. The third-order valence-electron chi connectivity index (χ3n) is 2.65. The van der Waals surface area contributed by atoms with Crippen molar-refractivity contribution in [1.82, 2.24) is 0 Å². The lowest BCUT2D eigenvalue weighted by Gasteiger charge is -2.10. The first-order chi connectivity index (χ1) is 8.48. The molecule has 0 atom stereocenters. The van der Waals surface area contributed by atoms with Crippen molar-refractivity contribution in [3.05, 3.63) is 23.8 Å². The maximum absolute atomic E-state index is 11.5. The quantitative estimate of drug-likeness (QED) is 0.826. The summed E-state index contributed by atoms with van der Waals surface area (Å²) in [6, 6.07) is 5.71. The third kappa shape index (κ3) is 4.56. The molecule has 0 spiro atoms. The summed E-state index contributed by atoms with van der Waals surface area (Å²) < 4.78 is 28.2. The zero-order valence-corrected chi connectivity index (χ0v) is 12.0. The summed E-state index contributed by atoms with van der Waals surface area (Å²) in [5, 5.41) is 3.12. The van der Waals surface area contributed by atoms with Crippen molar-refractivity contribution in [2.24, 2.45) is 0 Å². The minimum absolute atomic E-state index is 0.173. The van der Waals surface area contributed by atoms with Crippen LogP contribution in [0.5, 0.6) is 5.75 Å². The van der Waals surface area contributed by atoms with Gasteiger partial charge in [0.25, 0.3) is 0 Å². The van der Waals surface area contributed by atoms with E-state index < -0.39 is 9.84 Å². The molecule has 1 rings (SSSR count). The standard InChI is InChI=1S/C13H21NO3S/c1-4-8-18(15,16)9-7-14-12-5-6-13(17-3)11(2)10-12/h5-6,10,14H,4,7-9H2,1-3H3. The van der Waals surface area contributed by atoms with E-state index in [4.69, 9.17) is 4.74 Å². The number of nitrogens with one attached hydrogen (secondary N) is 1. The van der Waals surface area contributed by atoms with Crippen LogP contribution in [0.15, 0.2) is 18.2 Å². The zero-order chi connectivity index (χ0) is 13.6. The highest BCUT2D eigenvalue weighted by Crippen LogP contribution is 2.21. The van der Waals surface area contributed by atoms with E-state index in [2.05, 4.69) is 5.32 Å². The first kappa shape index (κ1) is 14.8. The second-order valence-corrected chi connectivity index (χ2v) is 6.57. The van der Waals surface area contributed by atoms with Crippen molar-refractivity contribution < 1.29 is 13.2 Å². The first-order valence-corrected chi connectivity index (χ1v) is 7.89. The van der Waals surface area contributed by atoms with Crippen LogP contribution in [0, 0.1) is 6.92 Å². The van der Waals surface area contributed by atoms with E-state index in [1.165, 1.54) is 0 Å². The summed E-state index contributed by atoms with van der Waals surface area (Å²) in [7, 11) is -1.28. The van der Waals surface area contributed by atoms with E-state index in [0.29, 0.717) is 13.0 Å². The van der Waals surface area contributed by atoms with Crippen LogP contribution in [0.4, 0.5) is 5.69 Å². The molecule has 0 aliphatic heterocycles. The fourth-order valence-corrected chi connectivity index (χ4v) is 2.99. The minimum atomic E-state index is -2.91. The molecule has 1 aromatic rings. The average Bonchev–Trinajstić information content (AvgIpc) is 2.29. The highest BCUT2D eigenvalue weighted by atomic mass is 32.2. The Bertz CT molecular complexity index is 483. The molecule has 5 heteroatoms. The number of methoxy groups -OCH3 is 1. The number of sulfone groups is 1. The molecule has 0 saturated carbocycles. The fourth-order valence-electron chi connectivity index (χ4n) is 1.75. The number of benzene rings is 1. The molecule has 0 unspecified atom stereocenters. The van der Waals surface area contributed by atoms with Gasteiger partial charge in [0, 0.05) is 18.0 Å². The van der Waals surface area contributed by atoms with Crippen molar-refractivity contribution in [2.45, 2.75) is 20.3 Å². The number of ether oxygens (including phenoxy) is 1. The average molecular weight is 271 g/mol. The van der Waals surface area contributed by atoms with Crippen LogP contribution in [0.1, 0.15) is 18.9 Å². The molecule has 0 fully saturated rings. The lowest BCUT2D eigenvalue weighted by atomic mass is 10.2. The highest BCUT2D eigenvalue weighted by molar-refractivity contribution is 7.91. The molecule has 4 nitrogen and oxygen atoms in total. The van der Waals surface area contributed by atoms with Gasteiger partial charge in [0.05, 0.1) is 12.9 Å². The van der Waals surface area contributed by atoms with Crippen molar-refractivity contribution in [2.75, 3.05) is 30.5 Å². The van der Waals surface area contributed by atoms with E-state index >= 15 is 0 Å². The molecule has 0 heterocycles. The number of hydrogen-bond donors (Lipinski definition) is 1. The Labute approximate surface area is 109 Å². The van der Waals surface area contributed by atoms with Crippen molar-refractivity contribution >= 4 is 15.5 Å². The van der Waals surface area contributed by atoms with E-state index in [1.807, 2.05) is 32.0 Å². The Balaban J connectivity index is 2.52. The summed E-state index contributed by atoms with van der Waals surface area (Å²) in [6.45, 7) is 4.27. The van der Waals surface area contributed by atoms with Crippen molar-refractivity contribution in [3.8, 4) is 5.75 Å². The molecule has 102 valence electrons. The van der Waals surface area contributed by atoms with Crippen LogP contribution >= 0.6 is 0 Å². The Morgan fingerprint density at radius 3 is 2.56 bits per heavy atom. The summed E-state index contributed by atoms with van der Waals surface area (Å²) in [5.74, 6) is 1.27. The van der Waals surface area contributed by atoms with E-state index in [-0.39, 0.29) is 11.5 Å². The lowest BCUT2D eigenvalue weighted by Crippen LogP contribution is -2.18. The number of hydrogen-bond acceptors (Lipinski definition) is 4. The smallest absolute Gasteiger partial charge is 0.152 e. The van der Waals surface area contributed by atoms with Gasteiger partial charge in [0.1, 0.15) is 5.75 Å². The minimum Gasteiger partial charge on any atom is -0.496 e. The van der Waals surface area contributed by atoms with Gasteiger partial charge in [-0.1, -0.05) is 6.92 Å². The number of rotatable bonds is 7. The van der Waals surface area contributed by atoms with Gasteiger partial charge < -0.3 is 10.1 Å². The van der Waals surface area contributed by atoms with E-state index in [9.17, 15) is 8.42 Å². The predicted molar refractivity (Wildman–Crippen MR) is 75.2 cm³/mol. The molecule has 0 aliphatic rings. The summed E-state index contributed by atoms with van der Waals surface area (Å²) in [6.07, 6.45) is 0.671. The van der Waals surface area contributed by atoms with E-state index in [1.54, 1.807) is 7.11 Å². The number of anilines is 1. The van der Waals surface area contributed by atoms with Gasteiger partial charge in [-0.2, -0.15) is 0 Å². The van der Waals surface area contributed by atoms with Crippen LogP contribution in [-0.2, 0) is 9.84 Å². The van der Waals surface area contributed by atoms with Crippen LogP contribution in [0.3, 0.4) is 0 Å². The molecule has 1 aromatic carbocycles. The summed E-state index contributed by atoms with van der Waals surface area (Å²) >= 11 is 0. The Morgan fingerprint density at radius 1 is 1.28 bits per heavy atom. The monoisotopic (exact) mass is 271 g/mol. The second kappa shape index (κ2) is 6.64. The molecule has 0 aromatic heterocycles. The van der Waals surface area contributed by atoms with Crippen molar-refractivity contribution in [3.63, 3.8) is 0 Å². The van der Waals surface area contributed by atoms with Crippen LogP contribution in [0.2, 0.25) is 0 Å². The van der Waals surface area contributed by atoms with Gasteiger partial charge in [-0.3, -0.25) is 0 Å². The lowest BCUT2D eigenvalue weighted by molar-refractivity contribution is 0.412. The first-order valence-electron chi connectivity index (χ1n) is 6.07. The SMILES string of the molecule is CCCS(=O)(=O)CCNc1ccc(OC)c(C)c1. The van der Waals surface area contributed by atoms with Gasteiger partial charge in [-0.05, 0) is 37.1 Å². The van der Waals surface area contributed by atoms with Crippen molar-refractivity contribution in [1.29, 1.82) is 0 Å². The summed E-state index contributed by atoms with van der Waals surface area (Å²) in [4.78, 5) is 0. The van der Waals surface area contributed by atoms with Gasteiger partial charge in [-0.15, -0.1) is 0 Å². The number of aryl methyl sites for hydroxylation is 1. The second-order valence-electron chi connectivity index (χ2n) is 4.26. The van der Waals surface area contributed by atoms with Crippen LogP contribution in [0.25, 0.3) is 0 Å². The van der Waals surface area contributed by atoms with E-state index in [0.717, 1.165) is 17.0 Å². The van der Waals surface area contributed by atoms with Crippen LogP contribution < -0.4 is 10.1 Å². The van der Waals surface area contributed by atoms with Gasteiger partial charge in [0.15, 0.2) is 9.84 Å². The maximum atomic E-state index is 11.5. The Kier molecular flexibility index (Phi) is 5.47. The highest BCUT2D eigenvalue weighted by Gasteiger charge is 2.08. The molecule has 18 heavy (non-hydrogen) atoms. The van der Waals surface area contributed by atoms with Gasteiger partial charge in [-0.25, -0.2) is 8.42 Å². The summed E-state index contributed by atoms with van der Waals surface area (Å²) in [5.41, 5.74) is 1.94. The molecular formula is C13H21NO3S.